The third-order valence-corrected chi connectivity index (χ3v) is 4.39. The third kappa shape index (κ3) is 4.19. The van der Waals surface area contributed by atoms with Crippen molar-refractivity contribution in [3.63, 3.8) is 0 Å². The fourth-order valence-corrected chi connectivity index (χ4v) is 2.95. The van der Waals surface area contributed by atoms with Crippen molar-refractivity contribution < 1.29 is 22.5 Å². The first kappa shape index (κ1) is 17.7. The summed E-state index contributed by atoms with van der Waals surface area (Å²) < 4.78 is 44.9. The van der Waals surface area contributed by atoms with E-state index in [1.165, 1.54) is 12.1 Å². The maximum absolute atomic E-state index is 12.9. The van der Waals surface area contributed by atoms with Gasteiger partial charge < -0.3 is 4.74 Å². The quantitative estimate of drug-likeness (QED) is 0.607. The highest BCUT2D eigenvalue weighted by Gasteiger charge is 2.21. The molecule has 0 aliphatic rings. The number of nitrogens with one attached hydrogen (secondary N) is 1. The Hall–Kier alpha value is -2.68. The molecule has 0 amide bonds. The van der Waals surface area contributed by atoms with Gasteiger partial charge in [-0.2, -0.15) is 0 Å². The van der Waals surface area contributed by atoms with E-state index < -0.39 is 26.5 Å². The number of anilines is 1. The molecule has 0 atom stereocenters. The third-order valence-electron chi connectivity index (χ3n) is 3.01. The first-order valence-electron chi connectivity index (χ1n) is 7.03. The van der Waals surface area contributed by atoms with Gasteiger partial charge in [-0.25, -0.2) is 12.8 Å². The van der Waals surface area contributed by atoms with Crippen molar-refractivity contribution in [2.75, 3.05) is 11.3 Å². The van der Waals surface area contributed by atoms with Crippen LogP contribution in [0.3, 0.4) is 0 Å². The lowest BCUT2D eigenvalue weighted by Gasteiger charge is -2.10. The fourth-order valence-electron chi connectivity index (χ4n) is 1.88. The summed E-state index contributed by atoms with van der Waals surface area (Å²) in [4.78, 5) is 10.3. The largest absolute Gasteiger partial charge is 0.493 e. The van der Waals surface area contributed by atoms with Gasteiger partial charge in [0.25, 0.3) is 15.7 Å². The second-order valence-electron chi connectivity index (χ2n) is 4.84. The van der Waals surface area contributed by atoms with Crippen molar-refractivity contribution in [1.29, 1.82) is 0 Å². The molecule has 128 valence electrons. The number of hydrogen-bond donors (Lipinski definition) is 1. The summed E-state index contributed by atoms with van der Waals surface area (Å²) in [6.45, 7) is 2.28. The lowest BCUT2D eigenvalue weighted by atomic mass is 10.2. The minimum atomic E-state index is -4.08. The van der Waals surface area contributed by atoms with E-state index in [2.05, 4.69) is 4.72 Å². The summed E-state index contributed by atoms with van der Waals surface area (Å²) in [7, 11) is -4.08. The first-order valence-corrected chi connectivity index (χ1v) is 8.51. The van der Waals surface area contributed by atoms with Crippen LogP contribution in [-0.4, -0.2) is 19.9 Å². The minimum Gasteiger partial charge on any atom is -0.493 e. The zero-order chi connectivity index (χ0) is 17.7. The molecule has 0 radical (unpaired) electrons. The van der Waals surface area contributed by atoms with Crippen LogP contribution in [0.15, 0.2) is 47.4 Å². The SMILES string of the molecule is CCCOc1ccc(NS(=O)(=O)c2ccc(F)cc2)c([N+](=O)[O-])c1. The Morgan fingerprint density at radius 1 is 1.21 bits per heavy atom. The molecular formula is C15H15FN2O5S. The molecule has 0 aliphatic carbocycles. The van der Waals surface area contributed by atoms with E-state index in [4.69, 9.17) is 4.74 Å². The molecule has 0 heterocycles. The number of ether oxygens (including phenoxy) is 1. The number of hydrogen-bond acceptors (Lipinski definition) is 5. The average molecular weight is 354 g/mol. The monoisotopic (exact) mass is 354 g/mol. The van der Waals surface area contributed by atoms with Crippen LogP contribution in [0.25, 0.3) is 0 Å². The van der Waals surface area contributed by atoms with Gasteiger partial charge in [0, 0.05) is 0 Å². The van der Waals surface area contributed by atoms with Crippen molar-refractivity contribution >= 4 is 21.4 Å². The minimum absolute atomic E-state index is 0.201. The molecule has 0 saturated carbocycles. The number of nitro benzene ring substituents is 1. The second-order valence-corrected chi connectivity index (χ2v) is 6.53. The molecule has 2 aromatic carbocycles. The molecule has 2 rings (SSSR count). The predicted molar refractivity (Wildman–Crippen MR) is 86.1 cm³/mol. The van der Waals surface area contributed by atoms with E-state index in [-0.39, 0.29) is 16.3 Å². The van der Waals surface area contributed by atoms with Crippen molar-refractivity contribution in [3.05, 3.63) is 58.4 Å². The molecule has 24 heavy (non-hydrogen) atoms. The summed E-state index contributed by atoms with van der Waals surface area (Å²) in [5.74, 6) is -0.314. The summed E-state index contributed by atoms with van der Waals surface area (Å²) >= 11 is 0. The molecule has 0 saturated heterocycles. The van der Waals surface area contributed by atoms with Crippen molar-refractivity contribution in [1.82, 2.24) is 0 Å². The van der Waals surface area contributed by atoms with E-state index in [0.717, 1.165) is 36.8 Å². The van der Waals surface area contributed by atoms with Crippen molar-refractivity contribution in [3.8, 4) is 5.75 Å². The molecule has 0 unspecified atom stereocenters. The van der Waals surface area contributed by atoms with Gasteiger partial charge in [-0.05, 0) is 42.8 Å². The smallest absolute Gasteiger partial charge is 0.297 e. The Labute approximate surface area is 138 Å². The van der Waals surface area contributed by atoms with Crippen molar-refractivity contribution in [2.45, 2.75) is 18.2 Å². The Bertz CT molecular complexity index is 837. The van der Waals surface area contributed by atoms with Crippen LogP contribution in [0.4, 0.5) is 15.8 Å². The van der Waals surface area contributed by atoms with Gasteiger partial charge in [0.2, 0.25) is 0 Å². The highest BCUT2D eigenvalue weighted by Crippen LogP contribution is 2.31. The fraction of sp³-hybridized carbons (Fsp3) is 0.200. The number of nitro groups is 1. The standard InChI is InChI=1S/C15H15FN2O5S/c1-2-9-23-12-5-8-14(15(10-12)18(19)20)17-24(21,22)13-6-3-11(16)4-7-13/h3-8,10,17H,2,9H2,1H3. The Morgan fingerprint density at radius 2 is 1.88 bits per heavy atom. The van der Waals surface area contributed by atoms with Crippen LogP contribution < -0.4 is 9.46 Å². The van der Waals surface area contributed by atoms with Crippen LogP contribution in [0.5, 0.6) is 5.75 Å². The maximum atomic E-state index is 12.9. The van der Waals surface area contributed by atoms with Crippen LogP contribution >= 0.6 is 0 Å². The van der Waals surface area contributed by atoms with E-state index in [1.807, 2.05) is 6.92 Å². The molecule has 0 aromatic heterocycles. The summed E-state index contributed by atoms with van der Waals surface area (Å²) in [5.41, 5.74) is -0.637. The Balaban J connectivity index is 2.34. The zero-order valence-corrected chi connectivity index (χ0v) is 13.5. The van der Waals surface area contributed by atoms with Gasteiger partial charge >= 0.3 is 0 Å². The van der Waals surface area contributed by atoms with Gasteiger partial charge in [0.05, 0.1) is 22.5 Å². The average Bonchev–Trinajstić information content (AvgIpc) is 2.53. The summed E-state index contributed by atoms with van der Waals surface area (Å²) in [6.07, 6.45) is 0.729. The molecular weight excluding hydrogens is 339 g/mol. The van der Waals surface area contributed by atoms with Crippen LogP contribution in [0, 0.1) is 15.9 Å². The highest BCUT2D eigenvalue weighted by atomic mass is 32.2. The Morgan fingerprint density at radius 3 is 2.46 bits per heavy atom. The molecule has 2 aromatic rings. The lowest BCUT2D eigenvalue weighted by Crippen LogP contribution is -2.14. The van der Waals surface area contributed by atoms with E-state index >= 15 is 0 Å². The number of benzene rings is 2. The molecule has 9 heteroatoms. The first-order chi connectivity index (χ1) is 11.3. The van der Waals surface area contributed by atoms with Gasteiger partial charge in [-0.1, -0.05) is 6.92 Å². The molecule has 0 spiro atoms. The lowest BCUT2D eigenvalue weighted by molar-refractivity contribution is -0.384. The summed E-state index contributed by atoms with van der Waals surface area (Å²) in [5, 5.41) is 11.2. The van der Waals surface area contributed by atoms with Crippen LogP contribution in [0.2, 0.25) is 0 Å². The van der Waals surface area contributed by atoms with E-state index in [0.29, 0.717) is 6.61 Å². The van der Waals surface area contributed by atoms with E-state index in [1.54, 1.807) is 0 Å². The van der Waals surface area contributed by atoms with Gasteiger partial charge in [0.1, 0.15) is 17.3 Å². The van der Waals surface area contributed by atoms with Crippen molar-refractivity contribution in [2.24, 2.45) is 0 Å². The van der Waals surface area contributed by atoms with Crippen LogP contribution in [0.1, 0.15) is 13.3 Å². The number of halogens is 1. The molecule has 0 fully saturated rings. The molecule has 0 bridgehead atoms. The van der Waals surface area contributed by atoms with Crippen LogP contribution in [-0.2, 0) is 10.0 Å². The molecule has 1 N–H and O–H groups in total. The van der Waals surface area contributed by atoms with Gasteiger partial charge in [-0.3, -0.25) is 14.8 Å². The number of sulfonamides is 1. The Kier molecular flexibility index (Phi) is 5.35. The van der Waals surface area contributed by atoms with Gasteiger partial charge in [-0.15, -0.1) is 0 Å². The second kappa shape index (κ2) is 7.26. The number of rotatable bonds is 7. The number of nitrogens with zero attached hydrogens (tertiary/aromatic N) is 1. The topological polar surface area (TPSA) is 98.5 Å². The predicted octanol–water partition coefficient (Wildman–Crippen LogP) is 3.32. The molecule has 7 nitrogen and oxygen atoms in total. The van der Waals surface area contributed by atoms with Gasteiger partial charge in [0.15, 0.2) is 0 Å². The summed E-state index contributed by atoms with van der Waals surface area (Å²) in [6, 6.07) is 7.97. The maximum Gasteiger partial charge on any atom is 0.297 e. The van der Waals surface area contributed by atoms with E-state index in [9.17, 15) is 22.9 Å². The zero-order valence-electron chi connectivity index (χ0n) is 12.7. The highest BCUT2D eigenvalue weighted by molar-refractivity contribution is 7.92. The normalized spacial score (nSPS) is 11.1. The molecule has 0 aliphatic heterocycles.